The van der Waals surface area contributed by atoms with Crippen molar-refractivity contribution < 1.29 is 0 Å². The van der Waals surface area contributed by atoms with Gasteiger partial charge in [0.1, 0.15) is 0 Å². The van der Waals surface area contributed by atoms with Gasteiger partial charge in [-0.1, -0.05) is 30.3 Å². The molecule has 2 N–H and O–H groups in total. The maximum atomic E-state index is 5.97. The molecule has 0 saturated heterocycles. The van der Waals surface area contributed by atoms with E-state index in [-0.39, 0.29) is 0 Å². The first-order valence-electron chi connectivity index (χ1n) is 6.24. The van der Waals surface area contributed by atoms with Gasteiger partial charge >= 0.3 is 0 Å². The molecule has 0 unspecified atom stereocenters. The van der Waals surface area contributed by atoms with Gasteiger partial charge in [-0.3, -0.25) is 0 Å². The summed E-state index contributed by atoms with van der Waals surface area (Å²) in [6.45, 7) is 2.91. The van der Waals surface area contributed by atoms with Crippen molar-refractivity contribution in [2.24, 2.45) is 0 Å². The number of fused-ring (bicyclic) bond motifs is 1. The fraction of sp³-hybridized carbons (Fsp3) is 0.125. The van der Waals surface area contributed by atoms with Gasteiger partial charge < -0.3 is 10.3 Å². The minimum atomic E-state index is 0.836. The summed E-state index contributed by atoms with van der Waals surface area (Å²) in [5, 5.41) is 1.24. The van der Waals surface area contributed by atoms with Crippen LogP contribution < -0.4 is 5.73 Å². The Bertz CT molecular complexity index is 744. The average molecular weight is 315 g/mol. The van der Waals surface area contributed by atoms with Crippen LogP contribution in [-0.2, 0) is 6.54 Å². The zero-order valence-electron chi connectivity index (χ0n) is 10.7. The highest BCUT2D eigenvalue weighted by Gasteiger charge is 2.08. The monoisotopic (exact) mass is 314 g/mol. The van der Waals surface area contributed by atoms with Gasteiger partial charge in [0.2, 0.25) is 0 Å². The third kappa shape index (κ3) is 2.15. The minimum Gasteiger partial charge on any atom is -0.399 e. The van der Waals surface area contributed by atoms with Crippen molar-refractivity contribution in [3.63, 3.8) is 0 Å². The van der Waals surface area contributed by atoms with Gasteiger partial charge in [-0.15, -0.1) is 0 Å². The topological polar surface area (TPSA) is 30.9 Å². The highest BCUT2D eigenvalue weighted by molar-refractivity contribution is 9.10. The second kappa shape index (κ2) is 4.74. The predicted octanol–water partition coefficient (Wildman–Crippen LogP) is 4.34. The van der Waals surface area contributed by atoms with Crippen LogP contribution in [-0.4, -0.2) is 4.57 Å². The zero-order chi connectivity index (χ0) is 13.4. The second-order valence-corrected chi connectivity index (χ2v) is 5.61. The molecule has 0 spiro atoms. The Hall–Kier alpha value is -1.74. The van der Waals surface area contributed by atoms with Crippen LogP contribution >= 0.6 is 15.9 Å². The third-order valence-corrected chi connectivity index (χ3v) is 4.20. The van der Waals surface area contributed by atoms with E-state index >= 15 is 0 Å². The molecule has 0 aliphatic rings. The number of hydrogen-bond donors (Lipinski definition) is 1. The molecular weight excluding hydrogens is 300 g/mol. The highest BCUT2D eigenvalue weighted by atomic mass is 79.9. The van der Waals surface area contributed by atoms with E-state index < -0.39 is 0 Å². The maximum absolute atomic E-state index is 5.97. The second-order valence-electron chi connectivity index (χ2n) is 4.75. The summed E-state index contributed by atoms with van der Waals surface area (Å²) in [5.74, 6) is 0. The van der Waals surface area contributed by atoms with Crippen LogP contribution in [0.4, 0.5) is 5.69 Å². The Morgan fingerprint density at radius 1 is 1.11 bits per heavy atom. The molecular formula is C16H15BrN2. The van der Waals surface area contributed by atoms with Crippen LogP contribution in [0.5, 0.6) is 0 Å². The number of benzene rings is 2. The molecule has 0 radical (unpaired) electrons. The van der Waals surface area contributed by atoms with Crippen LogP contribution in [0.1, 0.15) is 11.1 Å². The van der Waals surface area contributed by atoms with Crippen LogP contribution in [0.15, 0.2) is 53.1 Å². The lowest BCUT2D eigenvalue weighted by atomic mass is 10.1. The van der Waals surface area contributed by atoms with Gasteiger partial charge in [0.15, 0.2) is 0 Å². The molecule has 1 aromatic heterocycles. The van der Waals surface area contributed by atoms with E-state index in [0.717, 1.165) is 22.3 Å². The number of anilines is 1. The summed E-state index contributed by atoms with van der Waals surface area (Å²) >= 11 is 3.62. The SMILES string of the molecule is Cc1c(N)cccc1Cn1cc(Br)c2ccccc21. The Morgan fingerprint density at radius 3 is 2.74 bits per heavy atom. The predicted molar refractivity (Wildman–Crippen MR) is 84.3 cm³/mol. The van der Waals surface area contributed by atoms with Crippen LogP contribution in [0.25, 0.3) is 10.9 Å². The van der Waals surface area contributed by atoms with Crippen molar-refractivity contribution in [3.8, 4) is 0 Å². The van der Waals surface area contributed by atoms with Crippen molar-refractivity contribution in [2.45, 2.75) is 13.5 Å². The van der Waals surface area contributed by atoms with Crippen LogP contribution in [0.2, 0.25) is 0 Å². The fourth-order valence-corrected chi connectivity index (χ4v) is 2.97. The number of nitrogens with two attached hydrogens (primary N) is 1. The molecule has 3 heteroatoms. The molecule has 0 atom stereocenters. The van der Waals surface area contributed by atoms with Gasteiger partial charge in [0, 0.05) is 33.8 Å². The molecule has 0 aliphatic heterocycles. The Kier molecular flexibility index (Phi) is 3.07. The molecule has 2 aromatic carbocycles. The lowest BCUT2D eigenvalue weighted by Gasteiger charge is -2.10. The Balaban J connectivity index is 2.09. The number of nitrogen functional groups attached to an aromatic ring is 1. The average Bonchev–Trinajstić information content (AvgIpc) is 2.73. The lowest BCUT2D eigenvalue weighted by molar-refractivity contribution is 0.829. The Labute approximate surface area is 121 Å². The number of nitrogens with zero attached hydrogens (tertiary/aromatic N) is 1. The molecule has 0 saturated carbocycles. The Morgan fingerprint density at radius 2 is 1.89 bits per heavy atom. The number of hydrogen-bond acceptors (Lipinski definition) is 1. The van der Waals surface area contributed by atoms with E-state index in [1.807, 2.05) is 12.1 Å². The molecule has 3 aromatic rings. The van der Waals surface area contributed by atoms with Crippen molar-refractivity contribution in [1.29, 1.82) is 0 Å². The number of para-hydroxylation sites is 1. The summed E-state index contributed by atoms with van der Waals surface area (Å²) in [7, 11) is 0. The minimum absolute atomic E-state index is 0.836. The first-order valence-corrected chi connectivity index (χ1v) is 7.03. The quantitative estimate of drug-likeness (QED) is 0.701. The number of halogens is 1. The highest BCUT2D eigenvalue weighted by Crippen LogP contribution is 2.27. The lowest BCUT2D eigenvalue weighted by Crippen LogP contribution is -2.02. The molecule has 19 heavy (non-hydrogen) atoms. The van der Waals surface area contributed by atoms with Gasteiger partial charge in [0.25, 0.3) is 0 Å². The van der Waals surface area contributed by atoms with E-state index in [9.17, 15) is 0 Å². The molecule has 0 fully saturated rings. The molecule has 2 nitrogen and oxygen atoms in total. The summed E-state index contributed by atoms with van der Waals surface area (Å²) in [5.41, 5.74) is 10.5. The van der Waals surface area contributed by atoms with Crippen molar-refractivity contribution in [1.82, 2.24) is 4.57 Å². The fourth-order valence-electron chi connectivity index (χ4n) is 2.39. The zero-order valence-corrected chi connectivity index (χ0v) is 12.3. The van der Waals surface area contributed by atoms with Crippen LogP contribution in [0, 0.1) is 6.92 Å². The summed E-state index contributed by atoms with van der Waals surface area (Å²) in [6, 6.07) is 14.5. The first-order chi connectivity index (χ1) is 9.16. The summed E-state index contributed by atoms with van der Waals surface area (Å²) in [4.78, 5) is 0. The van der Waals surface area contributed by atoms with E-state index in [2.05, 4.69) is 63.9 Å². The van der Waals surface area contributed by atoms with Gasteiger partial charge in [-0.05, 0) is 46.1 Å². The standard InChI is InChI=1S/C16H15BrN2/c1-11-12(5-4-7-15(11)18)9-19-10-14(17)13-6-2-3-8-16(13)19/h2-8,10H,9,18H2,1H3. The largest absolute Gasteiger partial charge is 0.399 e. The first kappa shape index (κ1) is 12.3. The number of rotatable bonds is 2. The molecule has 1 heterocycles. The van der Waals surface area contributed by atoms with Gasteiger partial charge in [-0.25, -0.2) is 0 Å². The van der Waals surface area contributed by atoms with E-state index in [4.69, 9.17) is 5.73 Å². The summed E-state index contributed by atoms with van der Waals surface area (Å²) in [6.07, 6.45) is 2.13. The van der Waals surface area contributed by atoms with Gasteiger partial charge in [0.05, 0.1) is 0 Å². The third-order valence-electron chi connectivity index (χ3n) is 3.57. The summed E-state index contributed by atoms with van der Waals surface area (Å²) < 4.78 is 3.38. The smallest absolute Gasteiger partial charge is 0.0495 e. The normalized spacial score (nSPS) is 11.1. The maximum Gasteiger partial charge on any atom is 0.0495 e. The molecule has 0 amide bonds. The van der Waals surface area contributed by atoms with E-state index in [1.165, 1.54) is 16.5 Å². The number of aromatic nitrogens is 1. The molecule has 0 aliphatic carbocycles. The molecule has 96 valence electrons. The molecule has 3 rings (SSSR count). The van der Waals surface area contributed by atoms with Crippen molar-refractivity contribution in [2.75, 3.05) is 5.73 Å². The van der Waals surface area contributed by atoms with Crippen LogP contribution in [0.3, 0.4) is 0 Å². The van der Waals surface area contributed by atoms with E-state index in [0.29, 0.717) is 0 Å². The van der Waals surface area contributed by atoms with Crippen molar-refractivity contribution in [3.05, 3.63) is 64.3 Å². The van der Waals surface area contributed by atoms with E-state index in [1.54, 1.807) is 0 Å². The van der Waals surface area contributed by atoms with Crippen molar-refractivity contribution >= 4 is 32.5 Å². The molecule has 0 bridgehead atoms. The van der Waals surface area contributed by atoms with Gasteiger partial charge in [-0.2, -0.15) is 0 Å².